The lowest BCUT2D eigenvalue weighted by Crippen LogP contribution is -2.49. The minimum atomic E-state index is -5.20. The molecule has 0 aliphatic carbocycles. The van der Waals surface area contributed by atoms with Crippen molar-refractivity contribution in [2.24, 2.45) is 10.8 Å². The van der Waals surface area contributed by atoms with Crippen LogP contribution in [-0.2, 0) is 9.53 Å². The van der Waals surface area contributed by atoms with Gasteiger partial charge in [-0.2, -0.15) is 0 Å². The molecule has 0 rings (SSSR count). The van der Waals surface area contributed by atoms with E-state index in [2.05, 4.69) is 4.74 Å². The van der Waals surface area contributed by atoms with E-state index in [0.29, 0.717) is 0 Å². The fourth-order valence-electron chi connectivity index (χ4n) is 1.11. The predicted octanol–water partition coefficient (Wildman–Crippen LogP) is 3.38. The van der Waals surface area contributed by atoms with Crippen LogP contribution in [0.15, 0.2) is 0 Å². The van der Waals surface area contributed by atoms with Crippen LogP contribution < -0.4 is 0 Å². The number of halogens is 3. The summed E-state index contributed by atoms with van der Waals surface area (Å²) < 4.78 is 42.9. The van der Waals surface area contributed by atoms with Crippen LogP contribution in [0, 0.1) is 10.8 Å². The molecular weight excluding hydrogens is 220 g/mol. The predicted molar refractivity (Wildman–Crippen MR) is 57.9 cm³/mol. The zero-order valence-electron chi connectivity index (χ0n) is 10.6. The molecule has 1 atom stereocenters. The molecule has 0 saturated carbocycles. The first-order valence-corrected chi connectivity index (χ1v) is 5.17. The number of esters is 1. The van der Waals surface area contributed by atoms with Gasteiger partial charge < -0.3 is 17.7 Å². The molecule has 0 heterocycles. The van der Waals surface area contributed by atoms with E-state index in [4.69, 9.17) is 0 Å². The van der Waals surface area contributed by atoms with Gasteiger partial charge >= 0.3 is 12.9 Å². The van der Waals surface area contributed by atoms with Crippen molar-refractivity contribution in [1.29, 1.82) is 0 Å². The second kappa shape index (κ2) is 4.30. The first-order valence-electron chi connectivity index (χ1n) is 5.17. The third-order valence-electron chi connectivity index (χ3n) is 2.04. The molecule has 0 fully saturated rings. The molecule has 0 spiro atoms. The fourth-order valence-corrected chi connectivity index (χ4v) is 1.11. The average molecular weight is 239 g/mol. The molecule has 6 heteroatoms. The molecule has 0 bridgehead atoms. The monoisotopic (exact) mass is 239 g/mol. The topological polar surface area (TPSA) is 26.3 Å². The molecule has 2 nitrogen and oxygen atoms in total. The van der Waals surface area contributed by atoms with E-state index in [1.165, 1.54) is 41.5 Å². The highest BCUT2D eigenvalue weighted by Crippen LogP contribution is 2.34. The Balaban J connectivity index is 4.93. The van der Waals surface area contributed by atoms with Crippen LogP contribution in [0.1, 0.15) is 41.5 Å². The van der Waals surface area contributed by atoms with Crippen LogP contribution in [0.3, 0.4) is 0 Å². The van der Waals surface area contributed by atoms with Gasteiger partial charge in [-0.1, -0.05) is 20.8 Å². The van der Waals surface area contributed by atoms with E-state index in [0.717, 1.165) is 0 Å². The summed E-state index contributed by atoms with van der Waals surface area (Å²) in [6.07, 6.45) is 0. The molecule has 96 valence electrons. The molecule has 0 aromatic heterocycles. The maximum Gasteiger partial charge on any atom is 0.519 e. The van der Waals surface area contributed by atoms with Crippen molar-refractivity contribution in [2.75, 3.05) is 0 Å². The number of rotatable bonds is 2. The molecule has 0 radical (unpaired) electrons. The Hall–Kier alpha value is -0.675. The van der Waals surface area contributed by atoms with E-state index in [1.807, 2.05) is 0 Å². The smallest absolute Gasteiger partial charge is 0.491 e. The van der Waals surface area contributed by atoms with Crippen molar-refractivity contribution in [3.8, 4) is 0 Å². The Morgan fingerprint density at radius 1 is 1.06 bits per heavy atom. The molecule has 16 heavy (non-hydrogen) atoms. The van der Waals surface area contributed by atoms with Gasteiger partial charge in [-0.3, -0.25) is 4.79 Å². The SMILES string of the molecule is CC(C)(C)C(=O)OC([B-](F)(F)F)C(C)(C)C. The number of hydrogen-bond donors (Lipinski definition) is 0. The minimum absolute atomic E-state index is 0.827. The quantitative estimate of drug-likeness (QED) is 0.545. The first kappa shape index (κ1) is 15.3. The number of hydrogen-bond acceptors (Lipinski definition) is 2. The second-order valence-electron chi connectivity index (χ2n) is 6.07. The van der Waals surface area contributed by atoms with Crippen molar-refractivity contribution in [3.63, 3.8) is 0 Å². The van der Waals surface area contributed by atoms with Crippen LogP contribution in [0.2, 0.25) is 0 Å². The lowest BCUT2D eigenvalue weighted by atomic mass is 9.67. The largest absolute Gasteiger partial charge is 0.519 e. The summed E-state index contributed by atoms with van der Waals surface area (Å²) in [5.41, 5.74) is -2.07. The van der Waals surface area contributed by atoms with E-state index in [-0.39, 0.29) is 0 Å². The standard InChI is InChI=1S/C10H19BF3O2/c1-9(2,3)7(11(12,13)14)16-8(15)10(4,5)6/h7H,1-6H3/q-1. The van der Waals surface area contributed by atoms with Crippen molar-refractivity contribution in [3.05, 3.63) is 0 Å². The number of carbonyl (C=O) groups excluding carboxylic acids is 1. The van der Waals surface area contributed by atoms with Gasteiger partial charge in [-0.15, -0.1) is 0 Å². The van der Waals surface area contributed by atoms with Crippen molar-refractivity contribution in [1.82, 2.24) is 0 Å². The first-order chi connectivity index (χ1) is 6.76. The van der Waals surface area contributed by atoms with Gasteiger partial charge in [0.1, 0.15) is 0 Å². The zero-order chi connectivity index (χ0) is 13.4. The summed E-state index contributed by atoms with van der Waals surface area (Å²) in [6.45, 7) is 3.59. The Labute approximate surface area is 94.6 Å². The average Bonchev–Trinajstić information content (AvgIpc) is 1.92. The van der Waals surface area contributed by atoms with E-state index < -0.39 is 29.8 Å². The minimum Gasteiger partial charge on any atom is -0.491 e. The zero-order valence-corrected chi connectivity index (χ0v) is 10.6. The van der Waals surface area contributed by atoms with Gasteiger partial charge in [0.2, 0.25) is 0 Å². The molecule has 0 saturated heterocycles. The summed E-state index contributed by atoms with van der Waals surface area (Å²) >= 11 is 0. The summed E-state index contributed by atoms with van der Waals surface area (Å²) in [6, 6.07) is -2.01. The van der Waals surface area contributed by atoms with Crippen LogP contribution >= 0.6 is 0 Å². The van der Waals surface area contributed by atoms with Gasteiger partial charge in [-0.05, 0) is 26.2 Å². The number of carbonyl (C=O) groups is 1. The van der Waals surface area contributed by atoms with E-state index >= 15 is 0 Å². The molecule has 0 aliphatic heterocycles. The van der Waals surface area contributed by atoms with Crippen molar-refractivity contribution >= 4 is 12.9 Å². The highest BCUT2D eigenvalue weighted by molar-refractivity contribution is 6.60. The molecule has 0 aromatic rings. The second-order valence-corrected chi connectivity index (χ2v) is 6.07. The summed E-state index contributed by atoms with van der Waals surface area (Å²) in [5.74, 6) is -0.827. The number of ether oxygens (including phenoxy) is 1. The van der Waals surface area contributed by atoms with Gasteiger partial charge in [0.05, 0.1) is 11.4 Å². The summed E-state index contributed by atoms with van der Waals surface area (Å²) in [5, 5.41) is 0. The molecule has 0 aliphatic rings. The van der Waals surface area contributed by atoms with Crippen LogP contribution in [-0.4, -0.2) is 18.9 Å². The molecular formula is C10H19BF3O2-. The van der Waals surface area contributed by atoms with Gasteiger partial charge in [0.15, 0.2) is 0 Å². The van der Waals surface area contributed by atoms with Gasteiger partial charge in [0.25, 0.3) is 0 Å². The van der Waals surface area contributed by atoms with Gasteiger partial charge in [-0.25, -0.2) is 0 Å². The highest BCUT2D eigenvalue weighted by atomic mass is 19.4. The Morgan fingerprint density at radius 3 is 1.62 bits per heavy atom. The van der Waals surface area contributed by atoms with E-state index in [9.17, 15) is 17.7 Å². The van der Waals surface area contributed by atoms with Gasteiger partial charge in [0, 0.05) is 0 Å². The maximum atomic E-state index is 12.7. The Bertz CT molecular complexity index is 247. The Morgan fingerprint density at radius 2 is 1.44 bits per heavy atom. The summed E-state index contributed by atoms with van der Waals surface area (Å²) in [4.78, 5) is 11.5. The lowest BCUT2D eigenvalue weighted by Gasteiger charge is -2.38. The highest BCUT2D eigenvalue weighted by Gasteiger charge is 2.46. The van der Waals surface area contributed by atoms with E-state index in [1.54, 1.807) is 0 Å². The summed E-state index contributed by atoms with van der Waals surface area (Å²) in [7, 11) is 0. The fraction of sp³-hybridized carbons (Fsp3) is 0.900. The van der Waals surface area contributed by atoms with Crippen molar-refractivity contribution in [2.45, 2.75) is 47.5 Å². The third-order valence-corrected chi connectivity index (χ3v) is 2.04. The van der Waals surface area contributed by atoms with Crippen LogP contribution in [0.5, 0.6) is 0 Å². The normalized spacial score (nSPS) is 15.8. The van der Waals surface area contributed by atoms with Crippen LogP contribution in [0.25, 0.3) is 0 Å². The third kappa shape index (κ3) is 4.45. The van der Waals surface area contributed by atoms with Crippen LogP contribution in [0.4, 0.5) is 12.9 Å². The Kier molecular flexibility index (Phi) is 4.12. The van der Waals surface area contributed by atoms with Crippen molar-refractivity contribution < 1.29 is 22.5 Å². The molecule has 0 aromatic carbocycles. The molecule has 0 amide bonds. The molecule has 1 unspecified atom stereocenters. The lowest BCUT2D eigenvalue weighted by molar-refractivity contribution is -0.160. The maximum absolute atomic E-state index is 12.7. The molecule has 0 N–H and O–H groups in total.